The number of benzene rings is 1. The van der Waals surface area contributed by atoms with E-state index in [0.29, 0.717) is 12.2 Å². The third kappa shape index (κ3) is 6.76. The molecule has 0 aliphatic carbocycles. The number of carbonyl (C=O) groups is 1. The molecule has 2 N–H and O–H groups in total. The van der Waals surface area contributed by atoms with Crippen molar-refractivity contribution in [2.45, 2.75) is 39.3 Å². The molecule has 0 saturated heterocycles. The van der Waals surface area contributed by atoms with Crippen LogP contribution in [-0.2, 0) is 4.79 Å². The smallest absolute Gasteiger partial charge is 0.261 e. The predicted molar refractivity (Wildman–Crippen MR) is 94.5 cm³/mol. The Bertz CT molecular complexity index is 474. The maximum absolute atomic E-state index is 12.2. The van der Waals surface area contributed by atoms with Crippen LogP contribution in [0.25, 0.3) is 0 Å². The minimum Gasteiger partial charge on any atom is -0.497 e. The summed E-state index contributed by atoms with van der Waals surface area (Å²) in [7, 11) is 1.60. The summed E-state index contributed by atoms with van der Waals surface area (Å²) in [4.78, 5) is 14.5. The van der Waals surface area contributed by atoms with Gasteiger partial charge < -0.3 is 24.8 Å². The number of rotatable bonds is 11. The molecular formula is C18H30N2O4. The summed E-state index contributed by atoms with van der Waals surface area (Å²) >= 11 is 0. The van der Waals surface area contributed by atoms with Gasteiger partial charge in [-0.25, -0.2) is 0 Å². The summed E-state index contributed by atoms with van der Waals surface area (Å²) in [5, 5.41) is 12.3. The van der Waals surface area contributed by atoms with E-state index >= 15 is 0 Å². The summed E-state index contributed by atoms with van der Waals surface area (Å²) < 4.78 is 10.7. The van der Waals surface area contributed by atoms with E-state index in [-0.39, 0.29) is 18.6 Å². The minimum atomic E-state index is -0.638. The van der Waals surface area contributed by atoms with Gasteiger partial charge in [0.05, 0.1) is 19.8 Å². The van der Waals surface area contributed by atoms with Crippen LogP contribution in [0.15, 0.2) is 24.3 Å². The Morgan fingerprint density at radius 3 is 2.29 bits per heavy atom. The first kappa shape index (κ1) is 20.3. The molecular weight excluding hydrogens is 308 g/mol. The number of hydrogen-bond donors (Lipinski definition) is 2. The molecule has 6 heteroatoms. The fourth-order valence-corrected chi connectivity index (χ4v) is 2.32. The van der Waals surface area contributed by atoms with Crippen LogP contribution in [0.2, 0.25) is 0 Å². The highest BCUT2D eigenvalue weighted by molar-refractivity contribution is 5.81. The van der Waals surface area contributed by atoms with Gasteiger partial charge in [0.25, 0.3) is 5.91 Å². The van der Waals surface area contributed by atoms with Gasteiger partial charge in [-0.15, -0.1) is 0 Å². The lowest BCUT2D eigenvalue weighted by atomic mass is 10.2. The van der Waals surface area contributed by atoms with Gasteiger partial charge in [-0.3, -0.25) is 4.79 Å². The van der Waals surface area contributed by atoms with Crippen molar-refractivity contribution >= 4 is 5.91 Å². The maximum Gasteiger partial charge on any atom is 0.261 e. The van der Waals surface area contributed by atoms with Gasteiger partial charge in [-0.1, -0.05) is 13.8 Å². The Morgan fingerprint density at radius 1 is 1.21 bits per heavy atom. The third-order valence-electron chi connectivity index (χ3n) is 4.00. The standard InChI is InChI=1S/C18H30N2O4/c1-5-20(6-2)12-11-15(13-21)19-18(22)14(3)24-17-9-7-16(23-4)8-10-17/h7-10,14-15,21H,5-6,11-13H2,1-4H3,(H,19,22)/t14-,15+/m0/s1. The SMILES string of the molecule is CCN(CC)CC[C@H](CO)NC(=O)[C@H](C)Oc1ccc(OC)cc1. The lowest BCUT2D eigenvalue weighted by Gasteiger charge is -2.23. The quantitative estimate of drug-likeness (QED) is 0.642. The Kier molecular flexibility index (Phi) is 9.19. The Hall–Kier alpha value is -1.79. The predicted octanol–water partition coefficient (Wildman–Crippen LogP) is 1.67. The van der Waals surface area contributed by atoms with Crippen molar-refractivity contribution in [3.05, 3.63) is 24.3 Å². The molecule has 1 rings (SSSR count). The zero-order valence-corrected chi connectivity index (χ0v) is 15.1. The first-order valence-corrected chi connectivity index (χ1v) is 8.48. The highest BCUT2D eigenvalue weighted by Gasteiger charge is 2.19. The molecule has 0 aromatic heterocycles. The lowest BCUT2D eigenvalue weighted by molar-refractivity contribution is -0.128. The zero-order chi connectivity index (χ0) is 17.9. The first-order chi connectivity index (χ1) is 11.5. The number of nitrogens with zero attached hydrogens (tertiary/aromatic N) is 1. The van der Waals surface area contributed by atoms with Gasteiger partial charge in [-0.2, -0.15) is 0 Å². The molecule has 0 aliphatic heterocycles. The van der Waals surface area contributed by atoms with Crippen LogP contribution in [0.4, 0.5) is 0 Å². The Morgan fingerprint density at radius 2 is 1.79 bits per heavy atom. The van der Waals surface area contributed by atoms with E-state index < -0.39 is 6.10 Å². The number of methoxy groups -OCH3 is 1. The fraction of sp³-hybridized carbons (Fsp3) is 0.611. The molecule has 0 saturated carbocycles. The summed E-state index contributed by atoms with van der Waals surface area (Å²) in [6, 6.07) is 6.81. The molecule has 0 radical (unpaired) electrons. The number of amides is 1. The van der Waals surface area contributed by atoms with Crippen molar-refractivity contribution in [2.24, 2.45) is 0 Å². The van der Waals surface area contributed by atoms with E-state index in [0.717, 1.165) is 25.4 Å². The molecule has 2 atom stereocenters. The summed E-state index contributed by atoms with van der Waals surface area (Å²) in [6.45, 7) is 8.56. The average Bonchev–Trinajstić information content (AvgIpc) is 2.61. The van der Waals surface area contributed by atoms with E-state index in [4.69, 9.17) is 9.47 Å². The molecule has 24 heavy (non-hydrogen) atoms. The molecule has 6 nitrogen and oxygen atoms in total. The number of nitrogens with one attached hydrogen (secondary N) is 1. The van der Waals surface area contributed by atoms with Crippen LogP contribution < -0.4 is 14.8 Å². The number of aliphatic hydroxyl groups excluding tert-OH is 1. The summed E-state index contributed by atoms with van der Waals surface area (Å²) in [5.41, 5.74) is 0. The van der Waals surface area contributed by atoms with Crippen molar-refractivity contribution in [2.75, 3.05) is 33.4 Å². The van der Waals surface area contributed by atoms with Crippen LogP contribution >= 0.6 is 0 Å². The molecule has 0 spiro atoms. The van der Waals surface area contributed by atoms with Crippen LogP contribution in [0.3, 0.4) is 0 Å². The lowest BCUT2D eigenvalue weighted by Crippen LogP contribution is -2.45. The molecule has 0 fully saturated rings. The van der Waals surface area contributed by atoms with E-state index in [1.54, 1.807) is 38.3 Å². The van der Waals surface area contributed by atoms with E-state index in [9.17, 15) is 9.90 Å². The Labute approximate surface area is 144 Å². The second kappa shape index (κ2) is 10.9. The van der Waals surface area contributed by atoms with Gasteiger partial charge in [-0.05, 0) is 50.7 Å². The second-order valence-electron chi connectivity index (χ2n) is 5.64. The first-order valence-electron chi connectivity index (χ1n) is 8.48. The normalized spacial score (nSPS) is 13.4. The third-order valence-corrected chi connectivity index (χ3v) is 4.00. The van der Waals surface area contributed by atoms with Crippen molar-refractivity contribution in [3.8, 4) is 11.5 Å². The van der Waals surface area contributed by atoms with Crippen molar-refractivity contribution in [1.82, 2.24) is 10.2 Å². The minimum absolute atomic E-state index is 0.0811. The van der Waals surface area contributed by atoms with Crippen LogP contribution in [0.5, 0.6) is 11.5 Å². The molecule has 1 amide bonds. The average molecular weight is 338 g/mol. The fourth-order valence-electron chi connectivity index (χ4n) is 2.32. The van der Waals surface area contributed by atoms with Crippen molar-refractivity contribution in [3.63, 3.8) is 0 Å². The van der Waals surface area contributed by atoms with Gasteiger partial charge in [0.1, 0.15) is 11.5 Å². The molecule has 0 heterocycles. The molecule has 0 aliphatic rings. The van der Waals surface area contributed by atoms with Crippen molar-refractivity contribution in [1.29, 1.82) is 0 Å². The highest BCUT2D eigenvalue weighted by Crippen LogP contribution is 2.18. The van der Waals surface area contributed by atoms with Gasteiger partial charge in [0.2, 0.25) is 0 Å². The van der Waals surface area contributed by atoms with E-state index in [1.807, 2.05) is 0 Å². The molecule has 0 bridgehead atoms. The second-order valence-corrected chi connectivity index (χ2v) is 5.64. The topological polar surface area (TPSA) is 71.0 Å². The van der Waals surface area contributed by atoms with Gasteiger partial charge >= 0.3 is 0 Å². The zero-order valence-electron chi connectivity index (χ0n) is 15.1. The number of hydrogen-bond acceptors (Lipinski definition) is 5. The van der Waals surface area contributed by atoms with Crippen molar-refractivity contribution < 1.29 is 19.4 Å². The van der Waals surface area contributed by atoms with E-state index in [2.05, 4.69) is 24.1 Å². The molecule has 1 aromatic rings. The van der Waals surface area contributed by atoms with Crippen LogP contribution in [0.1, 0.15) is 27.2 Å². The number of carbonyl (C=O) groups excluding carboxylic acids is 1. The molecule has 1 aromatic carbocycles. The number of aliphatic hydroxyl groups is 1. The van der Waals surface area contributed by atoms with Crippen LogP contribution in [-0.4, -0.2) is 61.4 Å². The number of ether oxygens (including phenoxy) is 2. The molecule has 136 valence electrons. The van der Waals surface area contributed by atoms with Crippen LogP contribution in [0, 0.1) is 0 Å². The van der Waals surface area contributed by atoms with Gasteiger partial charge in [0.15, 0.2) is 6.10 Å². The van der Waals surface area contributed by atoms with E-state index in [1.165, 1.54) is 0 Å². The maximum atomic E-state index is 12.2. The Balaban J connectivity index is 2.47. The summed E-state index contributed by atoms with van der Waals surface area (Å²) in [6.07, 6.45) is 0.0695. The monoisotopic (exact) mass is 338 g/mol. The summed E-state index contributed by atoms with van der Waals surface area (Å²) in [5.74, 6) is 1.10. The highest BCUT2D eigenvalue weighted by atomic mass is 16.5. The largest absolute Gasteiger partial charge is 0.497 e. The van der Waals surface area contributed by atoms with Gasteiger partial charge in [0, 0.05) is 6.54 Å². The molecule has 0 unspecified atom stereocenters.